The summed E-state index contributed by atoms with van der Waals surface area (Å²) in [6.07, 6.45) is 36.9. The summed E-state index contributed by atoms with van der Waals surface area (Å²) >= 11 is 0. The quantitative estimate of drug-likeness (QED) is 0.193. The Kier molecular flexibility index (Phi) is 23.0. The molecule has 0 aromatic heterocycles. The lowest BCUT2D eigenvalue weighted by molar-refractivity contribution is 0.577. The first-order valence-corrected chi connectivity index (χ1v) is 11.5. The van der Waals surface area contributed by atoms with Crippen molar-refractivity contribution in [3.63, 3.8) is 0 Å². The van der Waals surface area contributed by atoms with E-state index in [0.717, 1.165) is 0 Å². The standard InChI is InChI=1S/C25H46/c1-3-5-7-9-11-13-15-17-19-21-23-25-24-22-20-18-16-14-12-10-8-6-4-2/h21-24H,3-20H2,1-2H3. The van der Waals surface area contributed by atoms with Crippen molar-refractivity contribution in [3.05, 3.63) is 30.7 Å². The lowest BCUT2D eigenvalue weighted by atomic mass is 10.1. The normalized spacial score (nSPS) is 11.9. The molecule has 25 heavy (non-hydrogen) atoms. The van der Waals surface area contributed by atoms with Crippen LogP contribution in [0.5, 0.6) is 0 Å². The smallest absolute Gasteiger partial charge is 0.0337 e. The van der Waals surface area contributed by atoms with E-state index in [1.807, 2.05) is 0 Å². The lowest BCUT2D eigenvalue weighted by Crippen LogP contribution is -1.80. The first-order chi connectivity index (χ1) is 12.4. The highest BCUT2D eigenvalue weighted by atomic mass is 14.0. The molecule has 0 aromatic carbocycles. The Morgan fingerprint density at radius 1 is 0.440 bits per heavy atom. The summed E-state index contributed by atoms with van der Waals surface area (Å²) in [6, 6.07) is 0. The van der Waals surface area contributed by atoms with E-state index in [1.165, 1.54) is 116 Å². The highest BCUT2D eigenvalue weighted by Crippen LogP contribution is 2.11. The minimum atomic E-state index is 1.22. The molecule has 0 nitrogen and oxygen atoms in total. The van der Waals surface area contributed by atoms with Gasteiger partial charge in [0, 0.05) is 6.42 Å². The van der Waals surface area contributed by atoms with Gasteiger partial charge in [-0.3, -0.25) is 0 Å². The van der Waals surface area contributed by atoms with Crippen LogP contribution in [0.1, 0.15) is 129 Å². The maximum atomic E-state index is 3.27. The van der Waals surface area contributed by atoms with Crippen LogP contribution in [0.15, 0.2) is 24.3 Å². The highest BCUT2D eigenvalue weighted by molar-refractivity contribution is 5.08. The van der Waals surface area contributed by atoms with Crippen LogP contribution >= 0.6 is 0 Å². The molecule has 0 fully saturated rings. The summed E-state index contributed by atoms with van der Waals surface area (Å²) in [5, 5.41) is 0. The molecule has 0 amide bonds. The molecule has 0 spiro atoms. The van der Waals surface area contributed by atoms with E-state index in [4.69, 9.17) is 0 Å². The summed E-state index contributed by atoms with van der Waals surface area (Å²) in [5.74, 6) is 0. The van der Waals surface area contributed by atoms with Crippen molar-refractivity contribution in [2.75, 3.05) is 0 Å². The molecule has 0 heterocycles. The van der Waals surface area contributed by atoms with E-state index < -0.39 is 0 Å². The van der Waals surface area contributed by atoms with Crippen molar-refractivity contribution >= 4 is 0 Å². The van der Waals surface area contributed by atoms with Gasteiger partial charge < -0.3 is 0 Å². The van der Waals surface area contributed by atoms with E-state index in [1.54, 1.807) is 0 Å². The van der Waals surface area contributed by atoms with Crippen LogP contribution in [0.25, 0.3) is 0 Å². The molecule has 146 valence electrons. The molecule has 0 aliphatic carbocycles. The van der Waals surface area contributed by atoms with Gasteiger partial charge in [0.05, 0.1) is 0 Å². The van der Waals surface area contributed by atoms with Crippen molar-refractivity contribution in [2.24, 2.45) is 0 Å². The van der Waals surface area contributed by atoms with Gasteiger partial charge in [-0.1, -0.05) is 128 Å². The topological polar surface area (TPSA) is 0 Å². The van der Waals surface area contributed by atoms with Crippen molar-refractivity contribution < 1.29 is 0 Å². The van der Waals surface area contributed by atoms with Crippen molar-refractivity contribution in [1.82, 2.24) is 0 Å². The Morgan fingerprint density at radius 3 is 1.12 bits per heavy atom. The molecule has 0 aromatic rings. The third-order valence-electron chi connectivity index (χ3n) is 4.88. The number of unbranched alkanes of at least 4 members (excludes halogenated alkanes) is 16. The molecule has 0 heteroatoms. The third-order valence-corrected chi connectivity index (χ3v) is 4.88. The molecule has 0 unspecified atom stereocenters. The average molecular weight is 347 g/mol. The molecule has 0 N–H and O–H groups in total. The molecule has 0 rings (SSSR count). The van der Waals surface area contributed by atoms with Crippen LogP contribution in [-0.4, -0.2) is 0 Å². The molecule has 0 saturated carbocycles. The first kappa shape index (κ1) is 24.5. The van der Waals surface area contributed by atoms with E-state index in [-0.39, 0.29) is 0 Å². The zero-order valence-corrected chi connectivity index (χ0v) is 17.5. The molecular weight excluding hydrogens is 300 g/mol. The predicted molar refractivity (Wildman–Crippen MR) is 116 cm³/mol. The fourth-order valence-corrected chi connectivity index (χ4v) is 3.15. The van der Waals surface area contributed by atoms with Crippen LogP contribution in [0.2, 0.25) is 0 Å². The van der Waals surface area contributed by atoms with Gasteiger partial charge in [-0.05, 0) is 25.7 Å². The van der Waals surface area contributed by atoms with Crippen LogP contribution in [0, 0.1) is 6.42 Å². The summed E-state index contributed by atoms with van der Waals surface area (Å²) in [4.78, 5) is 0. The molecule has 2 radical (unpaired) electrons. The lowest BCUT2D eigenvalue weighted by Gasteiger charge is -1.99. The van der Waals surface area contributed by atoms with E-state index >= 15 is 0 Å². The second-order valence-corrected chi connectivity index (χ2v) is 7.50. The largest absolute Gasteiger partial charge is 0.0876 e. The van der Waals surface area contributed by atoms with Gasteiger partial charge in [-0.25, -0.2) is 0 Å². The summed E-state index contributed by atoms with van der Waals surface area (Å²) in [6.45, 7) is 4.57. The Morgan fingerprint density at radius 2 is 0.760 bits per heavy atom. The minimum absolute atomic E-state index is 1.22. The zero-order valence-electron chi connectivity index (χ0n) is 17.5. The zero-order chi connectivity index (χ0) is 18.3. The van der Waals surface area contributed by atoms with Gasteiger partial charge in [-0.2, -0.15) is 0 Å². The molecule has 0 aliphatic heterocycles. The van der Waals surface area contributed by atoms with E-state index in [9.17, 15) is 0 Å². The van der Waals surface area contributed by atoms with Crippen LogP contribution in [-0.2, 0) is 0 Å². The van der Waals surface area contributed by atoms with Crippen LogP contribution in [0.3, 0.4) is 0 Å². The Bertz CT molecular complexity index is 246. The number of hydrogen-bond donors (Lipinski definition) is 0. The average Bonchev–Trinajstić information content (AvgIpc) is 2.63. The summed E-state index contributed by atoms with van der Waals surface area (Å²) < 4.78 is 0. The van der Waals surface area contributed by atoms with Gasteiger partial charge in [-0.15, -0.1) is 0 Å². The Balaban J connectivity index is 3.14. The van der Waals surface area contributed by atoms with Gasteiger partial charge in [0.15, 0.2) is 0 Å². The van der Waals surface area contributed by atoms with Crippen molar-refractivity contribution in [2.45, 2.75) is 129 Å². The summed E-state index contributed by atoms with van der Waals surface area (Å²) in [7, 11) is 0. The number of allylic oxidation sites excluding steroid dienone is 4. The first-order valence-electron chi connectivity index (χ1n) is 11.5. The Labute approximate surface area is 160 Å². The molecular formula is C25H46. The SMILES string of the molecule is CCCCCCCCCCC=C[C]C=CCCCCCCCCCC. The van der Waals surface area contributed by atoms with Gasteiger partial charge >= 0.3 is 0 Å². The van der Waals surface area contributed by atoms with Crippen LogP contribution in [0.4, 0.5) is 0 Å². The Hall–Kier alpha value is -0.520. The molecule has 0 atom stereocenters. The number of rotatable bonds is 20. The third kappa shape index (κ3) is 23.5. The second kappa shape index (κ2) is 23.5. The van der Waals surface area contributed by atoms with Gasteiger partial charge in [0.1, 0.15) is 0 Å². The number of hydrogen-bond acceptors (Lipinski definition) is 0. The fourth-order valence-electron chi connectivity index (χ4n) is 3.15. The maximum absolute atomic E-state index is 3.27. The maximum Gasteiger partial charge on any atom is 0.0337 e. The second-order valence-electron chi connectivity index (χ2n) is 7.50. The van der Waals surface area contributed by atoms with Gasteiger partial charge in [0.25, 0.3) is 0 Å². The van der Waals surface area contributed by atoms with Crippen molar-refractivity contribution in [1.29, 1.82) is 0 Å². The van der Waals surface area contributed by atoms with Gasteiger partial charge in [0.2, 0.25) is 0 Å². The van der Waals surface area contributed by atoms with Crippen LogP contribution < -0.4 is 0 Å². The fraction of sp³-hybridized carbons (Fsp3) is 0.800. The van der Waals surface area contributed by atoms with Crippen molar-refractivity contribution in [3.8, 4) is 0 Å². The highest BCUT2D eigenvalue weighted by Gasteiger charge is 1.91. The summed E-state index contributed by atoms with van der Waals surface area (Å²) in [5.41, 5.74) is 0. The van der Waals surface area contributed by atoms with E-state index in [0.29, 0.717) is 0 Å². The van der Waals surface area contributed by atoms with E-state index in [2.05, 4.69) is 44.6 Å². The predicted octanol–water partition coefficient (Wildman–Crippen LogP) is 9.24. The molecule has 0 bridgehead atoms. The minimum Gasteiger partial charge on any atom is -0.0876 e. The molecule has 0 saturated heterocycles. The monoisotopic (exact) mass is 346 g/mol. The molecule has 0 aliphatic rings.